The van der Waals surface area contributed by atoms with Crippen LogP contribution in [0.3, 0.4) is 0 Å². The quantitative estimate of drug-likeness (QED) is 0.0170. The number of nitrogen functional groups attached to an aromatic ring is 2. The summed E-state index contributed by atoms with van der Waals surface area (Å²) in [6, 6.07) is 0. The molecule has 25 nitrogen and oxygen atoms in total. The highest BCUT2D eigenvalue weighted by atomic mass is 35.5. The maximum Gasteiger partial charge on any atom is 0.350 e. The lowest BCUT2D eigenvalue weighted by Crippen LogP contribution is -2.54. The van der Waals surface area contributed by atoms with Crippen LogP contribution in [0.1, 0.15) is 132 Å². The summed E-state index contributed by atoms with van der Waals surface area (Å²) in [4.78, 5) is 78.6. The number of imidazole rings is 2. The second kappa shape index (κ2) is 28.5. The Morgan fingerprint density at radius 2 is 0.974 bits per heavy atom. The fourth-order valence-electron chi connectivity index (χ4n) is 8.91. The van der Waals surface area contributed by atoms with E-state index in [0.717, 1.165) is 51.4 Å². The zero-order valence-electron chi connectivity index (χ0n) is 45.3. The second-order valence-corrected chi connectivity index (χ2v) is 26.2. The molecule has 0 aliphatic heterocycles. The first kappa shape index (κ1) is 64.1. The van der Waals surface area contributed by atoms with E-state index in [0.29, 0.717) is 73.0 Å². The van der Waals surface area contributed by atoms with Crippen molar-refractivity contribution in [1.29, 1.82) is 0 Å². The van der Waals surface area contributed by atoms with Gasteiger partial charge in [-0.3, -0.25) is 23.5 Å². The van der Waals surface area contributed by atoms with Crippen molar-refractivity contribution < 1.29 is 57.0 Å². The molecule has 4 aromatic rings. The third-order valence-electron chi connectivity index (χ3n) is 13.0. The van der Waals surface area contributed by atoms with Crippen LogP contribution >= 0.6 is 26.6 Å². The van der Waals surface area contributed by atoms with Gasteiger partial charge in [0, 0.05) is 0 Å². The Morgan fingerprint density at radius 1 is 0.632 bits per heavy atom. The first-order chi connectivity index (χ1) is 35.1. The van der Waals surface area contributed by atoms with Crippen LogP contribution in [0.25, 0.3) is 22.3 Å². The number of alkyl halides is 1. The molecule has 3 saturated carbocycles. The van der Waals surface area contributed by atoms with Crippen LogP contribution in [-0.2, 0) is 60.3 Å². The Kier molecular flexibility index (Phi) is 24.0. The minimum atomic E-state index is -4.16. The van der Waals surface area contributed by atoms with E-state index in [1.165, 1.54) is 44.7 Å². The summed E-state index contributed by atoms with van der Waals surface area (Å²) in [6.07, 6.45) is 17.7. The molecule has 7 rings (SSSR count). The Labute approximate surface area is 450 Å². The van der Waals surface area contributed by atoms with Gasteiger partial charge in [0.25, 0.3) is 0 Å². The molecule has 4 aromatic heterocycles. The van der Waals surface area contributed by atoms with E-state index in [-0.39, 0.29) is 30.1 Å². The monoisotopic (exact) mass is 1130 g/mol. The lowest BCUT2D eigenvalue weighted by atomic mass is 10.1. The number of hydrogen-bond donors (Lipinski definition) is 7. The van der Waals surface area contributed by atoms with Crippen molar-refractivity contribution in [3.8, 4) is 0 Å². The molecule has 3 fully saturated rings. The van der Waals surface area contributed by atoms with Gasteiger partial charge in [-0.05, 0) is 112 Å². The number of nitrogens with zero attached hydrogens (tertiary/aromatic N) is 8. The van der Waals surface area contributed by atoms with Gasteiger partial charge in [-0.15, -0.1) is 11.6 Å². The molecule has 0 bridgehead atoms. The average molecular weight is 1130 g/mol. The zero-order valence-corrected chi connectivity index (χ0v) is 47.9. The van der Waals surface area contributed by atoms with E-state index in [1.54, 1.807) is 63.9 Å². The highest BCUT2D eigenvalue weighted by Gasteiger charge is 2.43. The fourth-order valence-corrected chi connectivity index (χ4v) is 12.1. The second-order valence-electron chi connectivity index (χ2n) is 21.5. The van der Waals surface area contributed by atoms with Gasteiger partial charge < -0.3 is 60.2 Å². The van der Waals surface area contributed by atoms with Crippen molar-refractivity contribution in [3.63, 3.8) is 0 Å². The van der Waals surface area contributed by atoms with E-state index < -0.39 is 61.5 Å². The number of nitrogens with two attached hydrogens (primary N) is 2. The van der Waals surface area contributed by atoms with Crippen molar-refractivity contribution in [3.05, 3.63) is 25.3 Å². The number of aromatic nitrogens is 8. The fraction of sp³-hybridized carbons (Fsp3) is 0.729. The largest absolute Gasteiger partial charge is 0.464 e. The summed E-state index contributed by atoms with van der Waals surface area (Å²) in [5.74, 6) is 0.497. The number of halogens is 1. The minimum absolute atomic E-state index is 0. The molecule has 0 aromatic carbocycles. The van der Waals surface area contributed by atoms with Crippen LogP contribution < -0.4 is 27.8 Å². The molecular formula is C48H82ClN13O12P2. The third kappa shape index (κ3) is 20.1. The van der Waals surface area contributed by atoms with Crippen molar-refractivity contribution in [2.75, 3.05) is 44.0 Å². The molecule has 76 heavy (non-hydrogen) atoms. The van der Waals surface area contributed by atoms with Gasteiger partial charge in [-0.2, -0.15) is 0 Å². The highest BCUT2D eigenvalue weighted by molar-refractivity contribution is 7.59. The molecule has 428 valence electrons. The Morgan fingerprint density at radius 3 is 1.32 bits per heavy atom. The van der Waals surface area contributed by atoms with Gasteiger partial charge in [0.15, 0.2) is 22.9 Å². The van der Waals surface area contributed by atoms with E-state index in [2.05, 4.69) is 40.1 Å². The first-order valence-corrected chi connectivity index (χ1v) is 29.7. The van der Waals surface area contributed by atoms with Gasteiger partial charge >= 0.3 is 25.5 Å². The molecule has 11 N–H and O–H groups in total. The molecule has 0 saturated heterocycles. The van der Waals surface area contributed by atoms with Crippen molar-refractivity contribution in [1.82, 2.24) is 55.4 Å². The highest BCUT2D eigenvalue weighted by Crippen LogP contribution is 2.43. The minimum Gasteiger partial charge on any atom is -0.464 e. The lowest BCUT2D eigenvalue weighted by molar-refractivity contribution is -0.151. The predicted molar refractivity (Wildman–Crippen MR) is 288 cm³/mol. The van der Waals surface area contributed by atoms with Crippen LogP contribution in [0.2, 0.25) is 0 Å². The lowest BCUT2D eigenvalue weighted by Gasteiger charge is -2.35. The van der Waals surface area contributed by atoms with Crippen molar-refractivity contribution >= 4 is 78.5 Å². The number of esters is 3. The van der Waals surface area contributed by atoms with E-state index in [4.69, 9.17) is 56.5 Å². The first-order valence-electron chi connectivity index (χ1n) is 25.6. The van der Waals surface area contributed by atoms with E-state index in [1.807, 2.05) is 6.92 Å². The van der Waals surface area contributed by atoms with Crippen LogP contribution in [0.4, 0.5) is 11.6 Å². The van der Waals surface area contributed by atoms with Gasteiger partial charge in [0.2, 0.25) is 7.44 Å². The van der Waals surface area contributed by atoms with Crippen molar-refractivity contribution in [2.45, 2.75) is 174 Å². The normalized spacial score (nSPS) is 16.8. The van der Waals surface area contributed by atoms with Gasteiger partial charge in [-0.25, -0.2) is 40.1 Å². The summed E-state index contributed by atoms with van der Waals surface area (Å²) in [5, 5.41) is 5.97. The molecule has 0 radical (unpaired) electrons. The number of nitrogens with one attached hydrogen (secondary N) is 2. The molecule has 2 atom stereocenters. The number of ether oxygens (including phenoxy) is 5. The summed E-state index contributed by atoms with van der Waals surface area (Å²) >= 11 is 5.79. The molecule has 0 unspecified atom stereocenters. The standard InChI is InChI=1S/C29H48N7O6P.C10H17ClO2.C9H14N5O4P.H3N/c1-20(14-36-18-33-23-24(30)31-17-32-25(23)36)42-19-43(39,34-28(2,3)26(37)40-15-21-10-6-7-11-21)35-29(4,5)27(38)41-16-22-12-8-9-13-22;1-10(2,11)9(12)13-7-8-5-3-4-6-8;1-6(18-5-19(15,16)17)2-14-4-13-7-8(10)11-3-12-9(7)14;/h17-18,20-22H,6-16,19H2,1-5H3,(H2,30,31,32)(H2,34,35,39);8H,3-7H2,1-2H3;3-4,6H,2,5H2,1H3,(H2,10,11,12)(H2,15,16,17);1H3/t20-;;6-;/m1.1./s1. The van der Waals surface area contributed by atoms with Gasteiger partial charge in [0.05, 0.1) is 57.8 Å². The number of rotatable bonds is 23. The summed E-state index contributed by atoms with van der Waals surface area (Å²) in [6.45, 7) is 15.2. The topological polar surface area (TPSA) is 370 Å². The van der Waals surface area contributed by atoms with E-state index >= 15 is 0 Å². The number of hydrogen-bond acceptors (Lipinski definition) is 19. The van der Waals surface area contributed by atoms with Gasteiger partial charge in [-0.1, -0.05) is 38.5 Å². The molecule has 3 aliphatic rings. The molecular weight excluding hydrogens is 1050 g/mol. The predicted octanol–water partition coefficient (Wildman–Crippen LogP) is 7.02. The maximum absolute atomic E-state index is 14.5. The van der Waals surface area contributed by atoms with Crippen molar-refractivity contribution in [2.24, 2.45) is 17.8 Å². The molecule has 4 heterocycles. The van der Waals surface area contributed by atoms with Crippen LogP contribution in [0, 0.1) is 17.8 Å². The summed E-state index contributed by atoms with van der Waals surface area (Å²) in [5.41, 5.74) is 11.0. The number of fused-ring (bicyclic) bond motifs is 2. The molecule has 0 amide bonds. The third-order valence-corrected chi connectivity index (χ3v) is 16.0. The Bertz CT molecular complexity index is 2540. The smallest absolute Gasteiger partial charge is 0.350 e. The van der Waals surface area contributed by atoms with E-state index in [9.17, 15) is 23.5 Å². The Hall–Kier alpha value is -4.42. The Balaban J connectivity index is 0.000000308. The maximum atomic E-state index is 14.5. The SMILES string of the molecule is CC(C)(Cl)C(=O)OCC1CCCC1.C[C@H](Cn1cnc2c(N)ncnc21)OCP(=O)(NC(C)(C)C(=O)OCC1CCCC1)NC(C)(C)C(=O)OCC1CCCC1.C[C@H](Cn1cnc2c(N)ncnc21)OCP(=O)(O)O.N. The summed E-state index contributed by atoms with van der Waals surface area (Å²) < 4.78 is 56.2. The molecule has 28 heteroatoms. The van der Waals surface area contributed by atoms with Gasteiger partial charge in [0.1, 0.15) is 52.3 Å². The molecule has 0 spiro atoms. The molecule has 3 aliphatic carbocycles. The number of anilines is 2. The number of carbonyl (C=O) groups excluding carboxylic acids is 3. The van der Waals surface area contributed by atoms with Crippen LogP contribution in [0.15, 0.2) is 25.3 Å². The van der Waals surface area contributed by atoms with Crippen LogP contribution in [-0.4, -0.2) is 127 Å². The number of carbonyl (C=O) groups is 3. The van der Waals surface area contributed by atoms with Crippen LogP contribution in [0.5, 0.6) is 0 Å². The summed E-state index contributed by atoms with van der Waals surface area (Å²) in [7, 11) is -7.92. The average Bonchev–Trinajstić information content (AvgIpc) is 4.21. The zero-order chi connectivity index (χ0) is 55.2.